The molecular weight excluding hydrogens is 460 g/mol. The molecule has 0 saturated heterocycles. The van der Waals surface area contributed by atoms with Crippen LogP contribution in [0, 0.1) is 0 Å². The first-order valence-corrected chi connectivity index (χ1v) is 12.7. The highest BCUT2D eigenvalue weighted by Crippen LogP contribution is 2.38. The molecule has 0 N–H and O–H groups in total. The predicted molar refractivity (Wildman–Crippen MR) is 157 cm³/mol. The van der Waals surface area contributed by atoms with E-state index in [9.17, 15) is 0 Å². The average Bonchev–Trinajstić information content (AvgIpc) is 3.02. The molecule has 0 aliphatic carbocycles. The number of rotatable bonds is 6. The Kier molecular flexibility index (Phi) is 6.69. The van der Waals surface area contributed by atoms with E-state index in [1.165, 1.54) is 22.3 Å². The Balaban J connectivity index is 1.56. The number of pyridine rings is 2. The third-order valence-corrected chi connectivity index (χ3v) is 6.71. The summed E-state index contributed by atoms with van der Waals surface area (Å²) in [6.45, 7) is 0. The van der Waals surface area contributed by atoms with Crippen LogP contribution in [-0.2, 0) is 0 Å². The van der Waals surface area contributed by atoms with Crippen molar-refractivity contribution < 1.29 is 0 Å². The zero-order chi connectivity index (χ0) is 25.6. The van der Waals surface area contributed by atoms with Crippen molar-refractivity contribution in [2.45, 2.75) is 0 Å². The average molecular weight is 487 g/mol. The summed E-state index contributed by atoms with van der Waals surface area (Å²) in [6.07, 6.45) is 7.42. The van der Waals surface area contributed by atoms with Crippen LogP contribution < -0.4 is 0 Å². The highest BCUT2D eigenvalue weighted by Gasteiger charge is 2.16. The summed E-state index contributed by atoms with van der Waals surface area (Å²) in [5.74, 6) is 0. The molecule has 180 valence electrons. The van der Waals surface area contributed by atoms with E-state index in [-0.39, 0.29) is 0 Å². The molecule has 0 saturated carbocycles. The Morgan fingerprint density at radius 1 is 0.316 bits per heavy atom. The van der Waals surface area contributed by atoms with E-state index in [4.69, 9.17) is 0 Å². The van der Waals surface area contributed by atoms with Crippen molar-refractivity contribution in [3.8, 4) is 22.3 Å². The van der Waals surface area contributed by atoms with Crippen molar-refractivity contribution in [3.63, 3.8) is 0 Å². The van der Waals surface area contributed by atoms with Gasteiger partial charge in [0.1, 0.15) is 0 Å². The first-order valence-electron chi connectivity index (χ1n) is 12.7. The van der Waals surface area contributed by atoms with E-state index >= 15 is 0 Å². The minimum absolute atomic E-state index is 1.11. The van der Waals surface area contributed by atoms with E-state index < -0.39 is 0 Å². The summed E-state index contributed by atoms with van der Waals surface area (Å²) in [6, 6.07) is 47.1. The van der Waals surface area contributed by atoms with E-state index in [0.29, 0.717) is 0 Å². The van der Waals surface area contributed by atoms with Crippen molar-refractivity contribution in [1.29, 1.82) is 0 Å². The van der Waals surface area contributed by atoms with Gasteiger partial charge in [0, 0.05) is 24.8 Å². The maximum atomic E-state index is 4.29. The molecule has 38 heavy (non-hydrogen) atoms. The fourth-order valence-corrected chi connectivity index (χ4v) is 4.85. The quantitative estimate of drug-likeness (QED) is 0.220. The van der Waals surface area contributed by atoms with Crippen LogP contribution >= 0.6 is 0 Å². The minimum atomic E-state index is 1.11. The summed E-state index contributed by atoms with van der Waals surface area (Å²) < 4.78 is 0. The van der Waals surface area contributed by atoms with E-state index in [1.54, 1.807) is 12.4 Å². The highest BCUT2D eigenvalue weighted by molar-refractivity contribution is 6.04. The third kappa shape index (κ3) is 4.93. The van der Waals surface area contributed by atoms with Crippen LogP contribution in [0.15, 0.2) is 158 Å². The van der Waals surface area contributed by atoms with Gasteiger partial charge in [0.15, 0.2) is 0 Å². The Bertz CT molecular complexity index is 1510. The summed E-state index contributed by atoms with van der Waals surface area (Å²) in [5, 5.41) is 0. The smallest absolute Gasteiger partial charge is 0.0346 e. The summed E-state index contributed by atoms with van der Waals surface area (Å²) in [7, 11) is 0. The number of nitrogens with zero attached hydrogens (tertiary/aromatic N) is 2. The lowest BCUT2D eigenvalue weighted by atomic mass is 9.85. The molecule has 0 atom stereocenters. The molecule has 4 aromatic carbocycles. The molecule has 2 heteroatoms. The van der Waals surface area contributed by atoms with Gasteiger partial charge in [-0.1, -0.05) is 121 Å². The zero-order valence-electron chi connectivity index (χ0n) is 20.9. The highest BCUT2D eigenvalue weighted by atomic mass is 14.6. The van der Waals surface area contributed by atoms with E-state index in [2.05, 4.69) is 131 Å². The summed E-state index contributed by atoms with van der Waals surface area (Å²) in [5.41, 5.74) is 11.6. The van der Waals surface area contributed by atoms with Crippen molar-refractivity contribution in [2.75, 3.05) is 0 Å². The molecule has 2 nitrogen and oxygen atoms in total. The largest absolute Gasteiger partial charge is 0.264 e. The lowest BCUT2D eigenvalue weighted by Crippen LogP contribution is -1.98. The predicted octanol–water partition coefficient (Wildman–Crippen LogP) is 8.82. The monoisotopic (exact) mass is 486 g/mol. The SMILES string of the molecule is c1ccc(C(=C(c2ccc(-c3cccnc3)cc2)c2ccc(-c3cccnc3)cc2)c2ccccc2)cc1. The Hall–Kier alpha value is -5.08. The van der Waals surface area contributed by atoms with Gasteiger partial charge >= 0.3 is 0 Å². The fraction of sp³-hybridized carbons (Fsp3) is 0. The normalized spacial score (nSPS) is 10.6. The van der Waals surface area contributed by atoms with E-state index in [0.717, 1.165) is 33.4 Å². The lowest BCUT2D eigenvalue weighted by Gasteiger charge is -2.19. The van der Waals surface area contributed by atoms with E-state index in [1.807, 2.05) is 24.5 Å². The van der Waals surface area contributed by atoms with Crippen molar-refractivity contribution in [2.24, 2.45) is 0 Å². The van der Waals surface area contributed by atoms with Gasteiger partial charge in [-0.3, -0.25) is 9.97 Å². The maximum absolute atomic E-state index is 4.29. The van der Waals surface area contributed by atoms with Crippen LogP contribution in [0.2, 0.25) is 0 Å². The first kappa shape index (κ1) is 23.3. The lowest BCUT2D eigenvalue weighted by molar-refractivity contribution is 1.33. The van der Waals surface area contributed by atoms with Gasteiger partial charge in [-0.2, -0.15) is 0 Å². The van der Waals surface area contributed by atoms with Gasteiger partial charge in [-0.15, -0.1) is 0 Å². The number of hydrogen-bond acceptors (Lipinski definition) is 2. The van der Waals surface area contributed by atoms with Gasteiger partial charge in [0.25, 0.3) is 0 Å². The Morgan fingerprint density at radius 2 is 0.684 bits per heavy atom. The van der Waals surface area contributed by atoms with Crippen LogP contribution in [0.25, 0.3) is 33.4 Å². The molecule has 0 spiro atoms. The molecule has 0 aliphatic heterocycles. The van der Waals surface area contributed by atoms with Crippen LogP contribution in [-0.4, -0.2) is 9.97 Å². The molecule has 0 fully saturated rings. The summed E-state index contributed by atoms with van der Waals surface area (Å²) in [4.78, 5) is 8.59. The standard InChI is InChI=1S/C36H26N2/c1-3-9-29(10-4-1)35(30-11-5-2-6-12-30)36(31-19-15-27(16-20-31)33-13-7-23-37-25-33)32-21-17-28(18-22-32)34-14-8-24-38-26-34/h1-26H. The van der Waals surface area contributed by atoms with Crippen molar-refractivity contribution >= 4 is 11.1 Å². The van der Waals surface area contributed by atoms with Gasteiger partial charge in [-0.25, -0.2) is 0 Å². The molecule has 0 radical (unpaired) electrons. The zero-order valence-corrected chi connectivity index (χ0v) is 20.9. The molecule has 6 aromatic rings. The molecular formula is C36H26N2. The Morgan fingerprint density at radius 3 is 1.03 bits per heavy atom. The van der Waals surface area contributed by atoms with Crippen molar-refractivity contribution in [3.05, 3.63) is 181 Å². The van der Waals surface area contributed by atoms with Crippen LogP contribution in [0.5, 0.6) is 0 Å². The summed E-state index contributed by atoms with van der Waals surface area (Å²) >= 11 is 0. The number of hydrogen-bond donors (Lipinski definition) is 0. The van der Waals surface area contributed by atoms with Crippen LogP contribution in [0.1, 0.15) is 22.3 Å². The second-order valence-corrected chi connectivity index (χ2v) is 9.12. The number of aromatic nitrogens is 2. The molecule has 0 aliphatic rings. The molecule has 0 bridgehead atoms. The van der Waals surface area contributed by atoms with Crippen LogP contribution in [0.3, 0.4) is 0 Å². The molecule has 2 aromatic heterocycles. The van der Waals surface area contributed by atoms with Crippen LogP contribution in [0.4, 0.5) is 0 Å². The number of benzene rings is 4. The van der Waals surface area contributed by atoms with Gasteiger partial charge in [0.05, 0.1) is 0 Å². The fourth-order valence-electron chi connectivity index (χ4n) is 4.85. The molecule has 6 rings (SSSR count). The Labute approximate surface area is 223 Å². The van der Waals surface area contributed by atoms with Gasteiger partial charge in [-0.05, 0) is 67.8 Å². The second kappa shape index (κ2) is 10.9. The second-order valence-electron chi connectivity index (χ2n) is 9.12. The first-order chi connectivity index (χ1) is 18.9. The minimum Gasteiger partial charge on any atom is -0.264 e. The topological polar surface area (TPSA) is 25.8 Å². The molecule has 0 unspecified atom stereocenters. The van der Waals surface area contributed by atoms with Gasteiger partial charge < -0.3 is 0 Å². The molecule has 2 heterocycles. The third-order valence-electron chi connectivity index (χ3n) is 6.71. The van der Waals surface area contributed by atoms with Crippen molar-refractivity contribution in [1.82, 2.24) is 9.97 Å². The van der Waals surface area contributed by atoms with Gasteiger partial charge in [0.2, 0.25) is 0 Å². The maximum Gasteiger partial charge on any atom is 0.0346 e. The molecule has 0 amide bonds.